The van der Waals surface area contributed by atoms with Gasteiger partial charge in [0.1, 0.15) is 12.7 Å². The van der Waals surface area contributed by atoms with Gasteiger partial charge in [-0.25, -0.2) is 4.98 Å². The maximum atomic E-state index is 11.4. The van der Waals surface area contributed by atoms with E-state index in [1.54, 1.807) is 26.0 Å². The zero-order valence-electron chi connectivity index (χ0n) is 15.6. The largest absolute Gasteiger partial charge is 1.00 e. The molecule has 27 heavy (non-hydrogen) atoms. The van der Waals surface area contributed by atoms with Crippen LogP contribution in [-0.2, 0) is 17.1 Å². The van der Waals surface area contributed by atoms with Gasteiger partial charge >= 0.3 is 29.6 Å². The molecule has 2 aromatic rings. The van der Waals surface area contributed by atoms with E-state index in [1.165, 1.54) is 17.3 Å². The SMILES string of the molecule is CC(C)(COS([O-])(O)O)C(O)(CCc1ccc(Cl)cc1)Cn1cncn1.[Na+]. The monoisotopic (exact) mass is 427 g/mol. The van der Waals surface area contributed by atoms with Gasteiger partial charge in [0.2, 0.25) is 0 Å². The summed E-state index contributed by atoms with van der Waals surface area (Å²) in [6, 6.07) is 7.29. The zero-order valence-corrected chi connectivity index (χ0v) is 19.2. The van der Waals surface area contributed by atoms with Crippen molar-refractivity contribution in [2.45, 2.75) is 38.8 Å². The van der Waals surface area contributed by atoms with Crippen LogP contribution in [0.1, 0.15) is 25.8 Å². The second kappa shape index (κ2) is 10.0. The maximum Gasteiger partial charge on any atom is 1.00 e. The standard InChI is InChI=1S/C16H24ClN3O5S.Na/c1-15(2,10-25-26(22,23)24)16(21,9-20-12-18-11-19-20)8-7-13-3-5-14(17)6-4-13;/h3-6,11-12,21-24H,7-10H2,1-2H3;/q;+1/p-1. The van der Waals surface area contributed by atoms with E-state index in [-0.39, 0.29) is 42.7 Å². The quantitative estimate of drug-likeness (QED) is 0.486. The summed E-state index contributed by atoms with van der Waals surface area (Å²) in [5.74, 6) is 0. The Morgan fingerprint density at radius 1 is 1.26 bits per heavy atom. The van der Waals surface area contributed by atoms with E-state index in [2.05, 4.69) is 14.3 Å². The van der Waals surface area contributed by atoms with Crippen molar-refractivity contribution in [3.8, 4) is 0 Å². The Hall–Kier alpha value is -0.200. The first-order valence-electron chi connectivity index (χ1n) is 7.93. The molecule has 11 heteroatoms. The van der Waals surface area contributed by atoms with E-state index in [1.807, 2.05) is 12.1 Å². The Bertz CT molecular complexity index is 697. The van der Waals surface area contributed by atoms with Crippen LogP contribution in [0.15, 0.2) is 36.9 Å². The van der Waals surface area contributed by atoms with Crippen molar-refractivity contribution in [1.29, 1.82) is 0 Å². The van der Waals surface area contributed by atoms with Crippen molar-refractivity contribution in [3.05, 3.63) is 47.5 Å². The molecule has 1 unspecified atom stereocenters. The molecule has 0 aliphatic rings. The van der Waals surface area contributed by atoms with Gasteiger partial charge in [0, 0.05) is 21.6 Å². The van der Waals surface area contributed by atoms with Gasteiger partial charge < -0.3 is 22.9 Å². The van der Waals surface area contributed by atoms with Gasteiger partial charge in [-0.2, -0.15) is 5.10 Å². The molecular formula is C16H23ClN3NaO5S. The first-order valence-corrected chi connectivity index (χ1v) is 9.71. The topological polar surface area (TPSA) is 124 Å². The molecular weight excluding hydrogens is 405 g/mol. The van der Waals surface area contributed by atoms with Gasteiger partial charge in [0.15, 0.2) is 0 Å². The van der Waals surface area contributed by atoms with E-state index in [9.17, 15) is 9.66 Å². The number of aryl methyl sites for hydroxylation is 1. The predicted octanol–water partition coefficient (Wildman–Crippen LogP) is 0.138. The average Bonchev–Trinajstić information content (AvgIpc) is 3.04. The molecule has 146 valence electrons. The number of nitrogens with zero attached hydrogens (tertiary/aromatic N) is 3. The summed E-state index contributed by atoms with van der Waals surface area (Å²) in [6.45, 7) is 3.16. The molecule has 0 bridgehead atoms. The van der Waals surface area contributed by atoms with Crippen LogP contribution in [0.2, 0.25) is 5.02 Å². The summed E-state index contributed by atoms with van der Waals surface area (Å²) in [5.41, 5.74) is -1.35. The van der Waals surface area contributed by atoms with E-state index in [4.69, 9.17) is 20.7 Å². The van der Waals surface area contributed by atoms with Crippen LogP contribution in [-0.4, -0.2) is 45.7 Å². The summed E-state index contributed by atoms with van der Waals surface area (Å²) in [6.07, 6.45) is 3.70. The summed E-state index contributed by atoms with van der Waals surface area (Å²) in [5, 5.41) is 16.0. The molecule has 1 aromatic carbocycles. The summed E-state index contributed by atoms with van der Waals surface area (Å²) < 4.78 is 35.1. The Labute approximate surface area is 187 Å². The summed E-state index contributed by atoms with van der Waals surface area (Å²) in [4.78, 5) is 3.87. The minimum Gasteiger partial charge on any atom is -0.751 e. The second-order valence-electron chi connectivity index (χ2n) is 6.85. The minimum absolute atomic E-state index is 0. The third-order valence-corrected chi connectivity index (χ3v) is 5.14. The first kappa shape index (κ1) is 24.8. The van der Waals surface area contributed by atoms with Gasteiger partial charge in [0.25, 0.3) is 0 Å². The Morgan fingerprint density at radius 3 is 2.41 bits per heavy atom. The smallest absolute Gasteiger partial charge is 0.751 e. The Morgan fingerprint density at radius 2 is 1.89 bits per heavy atom. The number of rotatable bonds is 9. The Kier molecular flexibility index (Phi) is 9.22. The fourth-order valence-electron chi connectivity index (χ4n) is 2.57. The van der Waals surface area contributed by atoms with Crippen molar-refractivity contribution in [1.82, 2.24) is 14.8 Å². The maximum absolute atomic E-state index is 11.4. The van der Waals surface area contributed by atoms with Crippen LogP contribution >= 0.6 is 22.8 Å². The van der Waals surface area contributed by atoms with E-state index >= 15 is 0 Å². The number of hydrogen-bond acceptors (Lipinski definition) is 7. The molecule has 0 radical (unpaired) electrons. The van der Waals surface area contributed by atoms with Gasteiger partial charge in [-0.05, 0) is 30.5 Å². The molecule has 0 saturated heterocycles. The van der Waals surface area contributed by atoms with Crippen molar-refractivity contribution in [2.24, 2.45) is 5.41 Å². The number of hydrogen-bond donors (Lipinski definition) is 3. The Balaban J connectivity index is 0.00000364. The van der Waals surface area contributed by atoms with Gasteiger partial charge in [-0.3, -0.25) is 4.68 Å². The molecule has 8 nitrogen and oxygen atoms in total. The molecule has 2 rings (SSSR count). The van der Waals surface area contributed by atoms with Crippen molar-refractivity contribution in [2.75, 3.05) is 6.61 Å². The van der Waals surface area contributed by atoms with Crippen LogP contribution in [0.3, 0.4) is 0 Å². The second-order valence-corrected chi connectivity index (χ2v) is 8.41. The molecule has 0 fully saturated rings. The van der Waals surface area contributed by atoms with Crippen LogP contribution in [0.5, 0.6) is 0 Å². The first-order chi connectivity index (χ1) is 12.0. The van der Waals surface area contributed by atoms with Crippen LogP contribution < -0.4 is 29.6 Å². The van der Waals surface area contributed by atoms with E-state index in [0.29, 0.717) is 17.9 Å². The fraction of sp³-hybridized carbons (Fsp3) is 0.500. The third kappa shape index (κ3) is 7.62. The fourth-order valence-corrected chi connectivity index (χ4v) is 3.15. The normalized spacial score (nSPS) is 15.1. The molecule has 0 aliphatic heterocycles. The van der Waals surface area contributed by atoms with Crippen molar-refractivity contribution in [3.63, 3.8) is 0 Å². The van der Waals surface area contributed by atoms with Gasteiger partial charge in [-0.1, -0.05) is 37.6 Å². The van der Waals surface area contributed by atoms with Crippen molar-refractivity contribution < 1.29 is 52.5 Å². The number of benzene rings is 1. The van der Waals surface area contributed by atoms with Crippen LogP contribution in [0.25, 0.3) is 0 Å². The average molecular weight is 428 g/mol. The molecule has 1 atom stereocenters. The molecule has 0 amide bonds. The van der Waals surface area contributed by atoms with Crippen LogP contribution in [0, 0.1) is 5.41 Å². The zero-order chi connectivity index (χ0) is 19.4. The summed E-state index contributed by atoms with van der Waals surface area (Å²) in [7, 11) is 0. The molecule has 0 saturated carbocycles. The molecule has 1 heterocycles. The van der Waals surface area contributed by atoms with Crippen molar-refractivity contribution >= 4 is 22.8 Å². The van der Waals surface area contributed by atoms with E-state index < -0.39 is 22.2 Å². The van der Waals surface area contributed by atoms with Crippen LogP contribution in [0.4, 0.5) is 0 Å². The molecule has 3 N–H and O–H groups in total. The molecule has 1 aromatic heterocycles. The van der Waals surface area contributed by atoms with Gasteiger partial charge in [0.05, 0.1) is 18.8 Å². The number of aromatic nitrogens is 3. The summed E-state index contributed by atoms with van der Waals surface area (Å²) >= 11 is 1.53. The number of halogens is 1. The molecule has 0 aliphatic carbocycles. The molecule has 0 spiro atoms. The minimum atomic E-state index is -4.36. The van der Waals surface area contributed by atoms with E-state index in [0.717, 1.165) is 5.56 Å². The third-order valence-electron chi connectivity index (χ3n) is 4.46. The predicted molar refractivity (Wildman–Crippen MR) is 98.1 cm³/mol. The van der Waals surface area contributed by atoms with Gasteiger partial charge in [-0.15, -0.1) is 0 Å². The number of aliphatic hydroxyl groups is 1.